The molecule has 0 bridgehead atoms. The molecule has 3 aromatic rings. The summed E-state index contributed by atoms with van der Waals surface area (Å²) in [6.45, 7) is 3.17. The van der Waals surface area contributed by atoms with Crippen LogP contribution in [0.15, 0.2) is 54.6 Å². The predicted octanol–water partition coefficient (Wildman–Crippen LogP) is 3.59. The number of aromatic nitrogens is 1. The molecule has 1 amide bonds. The van der Waals surface area contributed by atoms with Gasteiger partial charge in [0.25, 0.3) is 5.91 Å². The molecule has 0 unspecified atom stereocenters. The minimum atomic E-state index is -0.789. The number of carbonyl (C=O) groups excluding carboxylic acids is 3. The first-order valence-electron chi connectivity index (χ1n) is 9.88. The van der Waals surface area contributed by atoms with Crippen LogP contribution in [-0.4, -0.2) is 35.4 Å². The topological polar surface area (TPSA) is 77.4 Å². The van der Waals surface area contributed by atoms with E-state index in [1.54, 1.807) is 25.1 Å². The van der Waals surface area contributed by atoms with Crippen LogP contribution in [0.3, 0.4) is 0 Å². The van der Waals surface area contributed by atoms with Crippen molar-refractivity contribution in [3.05, 3.63) is 94.3 Å². The fraction of sp³-hybridized carbons (Fsp3) is 0.208. The van der Waals surface area contributed by atoms with Crippen molar-refractivity contribution in [2.75, 3.05) is 13.2 Å². The molecule has 166 valence electrons. The fourth-order valence-corrected chi connectivity index (χ4v) is 3.26. The van der Waals surface area contributed by atoms with Gasteiger partial charge < -0.3 is 14.6 Å². The first-order chi connectivity index (χ1) is 15.2. The largest absolute Gasteiger partial charge is 0.456 e. The summed E-state index contributed by atoms with van der Waals surface area (Å²) in [4.78, 5) is 36.4. The third-order valence-electron chi connectivity index (χ3n) is 4.97. The molecule has 0 atom stereocenters. The van der Waals surface area contributed by atoms with E-state index in [4.69, 9.17) is 4.74 Å². The number of nitrogens with one attached hydrogen (secondary N) is 1. The number of ether oxygens (including phenoxy) is 1. The van der Waals surface area contributed by atoms with Crippen LogP contribution in [0.1, 0.15) is 37.7 Å². The van der Waals surface area contributed by atoms with Gasteiger partial charge in [0.15, 0.2) is 6.61 Å². The van der Waals surface area contributed by atoms with Gasteiger partial charge in [0.05, 0.1) is 0 Å². The number of Topliss-reactive ketones (excluding diaryl/α,β-unsaturated/α-hetero) is 1. The number of halogens is 2. The van der Waals surface area contributed by atoms with Gasteiger partial charge in [-0.1, -0.05) is 18.2 Å². The lowest BCUT2D eigenvalue weighted by Crippen LogP contribution is -2.31. The molecule has 0 spiro atoms. The summed E-state index contributed by atoms with van der Waals surface area (Å²) in [6.07, 6.45) is 0. The van der Waals surface area contributed by atoms with Gasteiger partial charge in [-0.25, -0.2) is 8.78 Å². The number of ketones is 1. The molecule has 1 heterocycles. The van der Waals surface area contributed by atoms with Crippen LogP contribution in [-0.2, 0) is 16.1 Å². The van der Waals surface area contributed by atoms with Crippen molar-refractivity contribution in [2.24, 2.45) is 0 Å². The molecule has 32 heavy (non-hydrogen) atoms. The Morgan fingerprint density at radius 2 is 1.69 bits per heavy atom. The highest BCUT2D eigenvalue weighted by molar-refractivity contribution is 6.00. The first kappa shape index (κ1) is 22.9. The SMILES string of the molecule is Cc1cc(C(=O)COC(=O)CNC(=O)c2cccc(F)c2)c(C)n1Cc1ccc(F)cc1. The molecule has 0 aliphatic heterocycles. The zero-order valence-corrected chi connectivity index (χ0v) is 17.7. The minimum Gasteiger partial charge on any atom is -0.456 e. The van der Waals surface area contributed by atoms with Crippen molar-refractivity contribution >= 4 is 17.7 Å². The van der Waals surface area contributed by atoms with E-state index in [1.165, 1.54) is 30.3 Å². The number of hydrogen-bond donors (Lipinski definition) is 1. The molecule has 0 fully saturated rings. The lowest BCUT2D eigenvalue weighted by molar-refractivity contribution is -0.141. The van der Waals surface area contributed by atoms with Gasteiger partial charge in [-0.05, 0) is 55.8 Å². The Labute approximate surface area is 183 Å². The molecule has 0 radical (unpaired) electrons. The maximum atomic E-state index is 13.2. The van der Waals surface area contributed by atoms with E-state index in [9.17, 15) is 23.2 Å². The highest BCUT2D eigenvalue weighted by Crippen LogP contribution is 2.18. The second-order valence-electron chi connectivity index (χ2n) is 7.27. The van der Waals surface area contributed by atoms with Crippen LogP contribution in [0.5, 0.6) is 0 Å². The summed E-state index contributed by atoms with van der Waals surface area (Å²) < 4.78 is 33.2. The lowest BCUT2D eigenvalue weighted by atomic mass is 10.1. The molecule has 0 aliphatic rings. The molecule has 2 aromatic carbocycles. The Morgan fingerprint density at radius 3 is 2.38 bits per heavy atom. The second kappa shape index (κ2) is 10.00. The van der Waals surface area contributed by atoms with Gasteiger partial charge in [0.1, 0.15) is 18.2 Å². The van der Waals surface area contributed by atoms with E-state index in [0.717, 1.165) is 17.3 Å². The van der Waals surface area contributed by atoms with Crippen molar-refractivity contribution in [3.8, 4) is 0 Å². The lowest BCUT2D eigenvalue weighted by Gasteiger charge is -2.10. The van der Waals surface area contributed by atoms with Crippen LogP contribution in [0, 0.1) is 25.5 Å². The van der Waals surface area contributed by atoms with Crippen LogP contribution in [0.4, 0.5) is 8.78 Å². The van der Waals surface area contributed by atoms with E-state index in [2.05, 4.69) is 5.32 Å². The van der Waals surface area contributed by atoms with E-state index >= 15 is 0 Å². The van der Waals surface area contributed by atoms with Gasteiger partial charge in [0.2, 0.25) is 5.78 Å². The zero-order chi connectivity index (χ0) is 23.3. The van der Waals surface area contributed by atoms with E-state index in [0.29, 0.717) is 17.8 Å². The van der Waals surface area contributed by atoms with Crippen molar-refractivity contribution in [1.82, 2.24) is 9.88 Å². The summed E-state index contributed by atoms with van der Waals surface area (Å²) in [5.41, 5.74) is 2.91. The molecule has 0 saturated carbocycles. The summed E-state index contributed by atoms with van der Waals surface area (Å²) in [7, 11) is 0. The average molecular weight is 440 g/mol. The summed E-state index contributed by atoms with van der Waals surface area (Å²) in [5, 5.41) is 2.32. The Kier molecular flexibility index (Phi) is 7.14. The van der Waals surface area contributed by atoms with Gasteiger partial charge in [-0.3, -0.25) is 14.4 Å². The molecule has 0 saturated heterocycles. The summed E-state index contributed by atoms with van der Waals surface area (Å²) in [6, 6.07) is 12.9. The van der Waals surface area contributed by atoms with Crippen molar-refractivity contribution in [3.63, 3.8) is 0 Å². The van der Waals surface area contributed by atoms with Crippen LogP contribution in [0.2, 0.25) is 0 Å². The molecule has 1 N–H and O–H groups in total. The number of carbonyl (C=O) groups is 3. The molecular formula is C24H22F2N2O4. The van der Waals surface area contributed by atoms with Crippen molar-refractivity contribution in [2.45, 2.75) is 20.4 Å². The highest BCUT2D eigenvalue weighted by Gasteiger charge is 2.18. The Morgan fingerprint density at radius 1 is 0.969 bits per heavy atom. The number of esters is 1. The third kappa shape index (κ3) is 5.66. The third-order valence-corrected chi connectivity index (χ3v) is 4.97. The van der Waals surface area contributed by atoms with Crippen molar-refractivity contribution in [1.29, 1.82) is 0 Å². The molecule has 1 aromatic heterocycles. The van der Waals surface area contributed by atoms with Crippen LogP contribution >= 0.6 is 0 Å². The van der Waals surface area contributed by atoms with Crippen LogP contribution < -0.4 is 5.32 Å². The van der Waals surface area contributed by atoms with Gasteiger partial charge >= 0.3 is 5.97 Å². The number of benzene rings is 2. The fourth-order valence-electron chi connectivity index (χ4n) is 3.26. The van der Waals surface area contributed by atoms with Gasteiger partial charge in [-0.15, -0.1) is 0 Å². The molecule has 8 heteroatoms. The molecule has 0 aliphatic carbocycles. The maximum Gasteiger partial charge on any atom is 0.325 e. The minimum absolute atomic E-state index is 0.0717. The normalized spacial score (nSPS) is 10.6. The van der Waals surface area contributed by atoms with Gasteiger partial charge in [0, 0.05) is 29.1 Å². The van der Waals surface area contributed by atoms with E-state index in [1.807, 2.05) is 11.5 Å². The number of amides is 1. The smallest absolute Gasteiger partial charge is 0.325 e. The molecule has 3 rings (SSSR count). The quantitative estimate of drug-likeness (QED) is 0.429. The van der Waals surface area contributed by atoms with E-state index in [-0.39, 0.29) is 17.2 Å². The zero-order valence-electron chi connectivity index (χ0n) is 17.7. The average Bonchev–Trinajstić information content (AvgIpc) is 3.05. The van der Waals surface area contributed by atoms with Crippen LogP contribution in [0.25, 0.3) is 0 Å². The summed E-state index contributed by atoms with van der Waals surface area (Å²) >= 11 is 0. The standard InChI is InChI=1S/C24H22F2N2O4/c1-15-10-21(16(2)28(15)13-17-6-8-19(25)9-7-17)22(29)14-32-23(30)12-27-24(31)18-4-3-5-20(26)11-18/h3-11H,12-14H2,1-2H3,(H,27,31). The number of nitrogens with zero attached hydrogens (tertiary/aromatic N) is 1. The number of hydrogen-bond acceptors (Lipinski definition) is 4. The Bertz CT molecular complexity index is 1150. The van der Waals surface area contributed by atoms with Gasteiger partial charge in [-0.2, -0.15) is 0 Å². The number of rotatable bonds is 8. The Balaban J connectivity index is 1.54. The summed E-state index contributed by atoms with van der Waals surface area (Å²) in [5.74, 6) is -2.68. The van der Waals surface area contributed by atoms with Crippen molar-refractivity contribution < 1.29 is 27.9 Å². The Hall–Kier alpha value is -3.81. The molecular weight excluding hydrogens is 418 g/mol. The monoisotopic (exact) mass is 440 g/mol. The molecule has 6 nitrogen and oxygen atoms in total. The maximum absolute atomic E-state index is 13.2. The predicted molar refractivity (Wildman–Crippen MR) is 113 cm³/mol. The highest BCUT2D eigenvalue weighted by atomic mass is 19.1. The first-order valence-corrected chi connectivity index (χ1v) is 9.88. The number of aryl methyl sites for hydroxylation is 1. The van der Waals surface area contributed by atoms with E-state index < -0.39 is 30.8 Å². The second-order valence-corrected chi connectivity index (χ2v) is 7.27.